The van der Waals surface area contributed by atoms with E-state index in [1.165, 1.54) is 0 Å². The van der Waals surface area contributed by atoms with Gasteiger partial charge in [0.2, 0.25) is 5.91 Å². The van der Waals surface area contributed by atoms with Gasteiger partial charge < -0.3 is 4.90 Å². The molecule has 14 heavy (non-hydrogen) atoms. The Bertz CT molecular complexity index is 211. The van der Waals surface area contributed by atoms with Gasteiger partial charge >= 0.3 is 0 Å². The smallest absolute Gasteiger partial charge is 0.222 e. The van der Waals surface area contributed by atoms with Crippen LogP contribution < -0.4 is 0 Å². The average molecular weight is 197 g/mol. The summed E-state index contributed by atoms with van der Waals surface area (Å²) in [5.41, 5.74) is 0.367. The Morgan fingerprint density at radius 2 is 1.93 bits per heavy atom. The number of hydrogen-bond donors (Lipinski definition) is 0. The van der Waals surface area contributed by atoms with Crippen molar-refractivity contribution < 1.29 is 4.79 Å². The van der Waals surface area contributed by atoms with E-state index in [0.717, 1.165) is 13.1 Å². The molecule has 0 aromatic heterocycles. The molecule has 0 aromatic carbocycles. The van der Waals surface area contributed by atoms with Gasteiger partial charge in [-0.25, -0.2) is 0 Å². The van der Waals surface area contributed by atoms with Gasteiger partial charge in [-0.15, -0.1) is 0 Å². The second-order valence-electron chi connectivity index (χ2n) is 5.57. The van der Waals surface area contributed by atoms with E-state index in [2.05, 4.69) is 27.7 Å². The van der Waals surface area contributed by atoms with Crippen LogP contribution in [-0.2, 0) is 4.79 Å². The first-order valence-corrected chi connectivity index (χ1v) is 5.64. The van der Waals surface area contributed by atoms with Crippen molar-refractivity contribution in [2.24, 2.45) is 17.3 Å². The fourth-order valence-electron chi connectivity index (χ4n) is 1.96. The molecule has 2 nitrogen and oxygen atoms in total. The predicted octanol–water partition coefficient (Wildman–Crippen LogP) is 2.54. The van der Waals surface area contributed by atoms with Gasteiger partial charge in [0.05, 0.1) is 0 Å². The fraction of sp³-hybridized carbons (Fsp3) is 0.917. The van der Waals surface area contributed by atoms with Crippen LogP contribution in [0.3, 0.4) is 0 Å². The summed E-state index contributed by atoms with van der Waals surface area (Å²) in [5.74, 6) is 1.72. The lowest BCUT2D eigenvalue weighted by atomic mass is 9.71. The highest BCUT2D eigenvalue weighted by molar-refractivity contribution is 5.76. The largest absolute Gasteiger partial charge is 0.342 e. The first kappa shape index (κ1) is 11.5. The molecule has 0 radical (unpaired) electrons. The summed E-state index contributed by atoms with van der Waals surface area (Å²) in [4.78, 5) is 13.3. The minimum Gasteiger partial charge on any atom is -0.342 e. The standard InChI is InChI=1S/C12H23NO/c1-6-11(14)13-7-10(8-13)9(2)12(3,4)5/h9-10H,6-8H2,1-5H3. The molecule has 0 aromatic rings. The van der Waals surface area contributed by atoms with E-state index in [9.17, 15) is 4.79 Å². The second-order valence-corrected chi connectivity index (χ2v) is 5.57. The SMILES string of the molecule is CCC(=O)N1CC(C(C)C(C)(C)C)C1. The molecule has 1 aliphatic rings. The van der Waals surface area contributed by atoms with E-state index < -0.39 is 0 Å². The number of carbonyl (C=O) groups excluding carboxylic acids is 1. The van der Waals surface area contributed by atoms with Crippen LogP contribution in [0.4, 0.5) is 0 Å². The van der Waals surface area contributed by atoms with Crippen molar-refractivity contribution in [1.82, 2.24) is 4.90 Å². The van der Waals surface area contributed by atoms with Gasteiger partial charge in [0.1, 0.15) is 0 Å². The van der Waals surface area contributed by atoms with Crippen LogP contribution in [0.2, 0.25) is 0 Å². The number of nitrogens with zero attached hydrogens (tertiary/aromatic N) is 1. The van der Waals surface area contributed by atoms with E-state index in [-0.39, 0.29) is 0 Å². The zero-order chi connectivity index (χ0) is 10.9. The van der Waals surface area contributed by atoms with Crippen LogP contribution in [0.1, 0.15) is 41.0 Å². The Balaban J connectivity index is 2.38. The Kier molecular flexibility index (Phi) is 3.23. The summed E-state index contributed by atoms with van der Waals surface area (Å²) < 4.78 is 0. The molecule has 2 heteroatoms. The van der Waals surface area contributed by atoms with Crippen LogP contribution in [0.5, 0.6) is 0 Å². The van der Waals surface area contributed by atoms with Crippen molar-refractivity contribution in [2.45, 2.75) is 41.0 Å². The molecule has 1 atom stereocenters. The summed E-state index contributed by atoms with van der Waals surface area (Å²) in [5, 5.41) is 0. The summed E-state index contributed by atoms with van der Waals surface area (Å²) in [6.07, 6.45) is 0.649. The predicted molar refractivity (Wildman–Crippen MR) is 59.0 cm³/mol. The Hall–Kier alpha value is -0.530. The summed E-state index contributed by atoms with van der Waals surface area (Å²) >= 11 is 0. The topological polar surface area (TPSA) is 20.3 Å². The van der Waals surface area contributed by atoms with Gasteiger partial charge in [0, 0.05) is 19.5 Å². The Morgan fingerprint density at radius 3 is 2.29 bits per heavy atom. The van der Waals surface area contributed by atoms with Gasteiger partial charge in [0.25, 0.3) is 0 Å². The molecule has 0 bridgehead atoms. The second kappa shape index (κ2) is 3.92. The van der Waals surface area contributed by atoms with Crippen LogP contribution >= 0.6 is 0 Å². The van der Waals surface area contributed by atoms with Crippen LogP contribution in [0.15, 0.2) is 0 Å². The molecule has 1 rings (SSSR count). The third kappa shape index (κ3) is 2.28. The van der Waals surface area contributed by atoms with Gasteiger partial charge in [-0.3, -0.25) is 4.79 Å². The highest BCUT2D eigenvalue weighted by atomic mass is 16.2. The highest BCUT2D eigenvalue weighted by Gasteiger charge is 2.37. The zero-order valence-corrected chi connectivity index (χ0v) is 10.1. The maximum atomic E-state index is 11.3. The summed E-state index contributed by atoms with van der Waals surface area (Å²) in [6.45, 7) is 13.0. The van der Waals surface area contributed by atoms with E-state index in [0.29, 0.717) is 29.6 Å². The molecule has 1 heterocycles. The quantitative estimate of drug-likeness (QED) is 0.666. The number of carbonyl (C=O) groups is 1. The van der Waals surface area contributed by atoms with Gasteiger partial charge in [-0.05, 0) is 17.3 Å². The van der Waals surface area contributed by atoms with Gasteiger partial charge in [-0.1, -0.05) is 34.6 Å². The molecule has 1 unspecified atom stereocenters. The van der Waals surface area contributed by atoms with Crippen molar-refractivity contribution >= 4 is 5.91 Å². The maximum absolute atomic E-state index is 11.3. The third-order valence-corrected chi connectivity index (χ3v) is 3.64. The van der Waals surface area contributed by atoms with Gasteiger partial charge in [-0.2, -0.15) is 0 Å². The lowest BCUT2D eigenvalue weighted by molar-refractivity contribution is -0.139. The van der Waals surface area contributed by atoms with Crippen molar-refractivity contribution in [3.63, 3.8) is 0 Å². The van der Waals surface area contributed by atoms with Crippen molar-refractivity contribution in [2.75, 3.05) is 13.1 Å². The Morgan fingerprint density at radius 1 is 1.43 bits per heavy atom. The number of likely N-dealkylation sites (tertiary alicyclic amines) is 1. The van der Waals surface area contributed by atoms with Crippen LogP contribution in [-0.4, -0.2) is 23.9 Å². The minimum absolute atomic E-state index is 0.308. The first-order chi connectivity index (χ1) is 6.36. The molecular weight excluding hydrogens is 174 g/mol. The van der Waals surface area contributed by atoms with E-state index >= 15 is 0 Å². The van der Waals surface area contributed by atoms with E-state index in [1.54, 1.807) is 0 Å². The monoisotopic (exact) mass is 197 g/mol. The molecule has 0 spiro atoms. The highest BCUT2D eigenvalue weighted by Crippen LogP contribution is 2.36. The Labute approximate surface area is 87.7 Å². The maximum Gasteiger partial charge on any atom is 0.222 e. The van der Waals surface area contributed by atoms with Crippen molar-refractivity contribution in [1.29, 1.82) is 0 Å². The zero-order valence-electron chi connectivity index (χ0n) is 10.1. The number of rotatable bonds is 2. The molecule has 82 valence electrons. The van der Waals surface area contributed by atoms with E-state index in [4.69, 9.17) is 0 Å². The lowest BCUT2D eigenvalue weighted by Crippen LogP contribution is -2.53. The fourth-order valence-corrected chi connectivity index (χ4v) is 1.96. The first-order valence-electron chi connectivity index (χ1n) is 5.64. The molecule has 0 N–H and O–H groups in total. The van der Waals surface area contributed by atoms with E-state index in [1.807, 2.05) is 11.8 Å². The number of amides is 1. The molecule has 0 saturated carbocycles. The molecule has 1 amide bonds. The third-order valence-electron chi connectivity index (χ3n) is 3.64. The molecular formula is C12H23NO. The molecule has 1 fully saturated rings. The van der Waals surface area contributed by atoms with Crippen LogP contribution in [0, 0.1) is 17.3 Å². The van der Waals surface area contributed by atoms with Crippen molar-refractivity contribution in [3.05, 3.63) is 0 Å². The van der Waals surface area contributed by atoms with Crippen molar-refractivity contribution in [3.8, 4) is 0 Å². The minimum atomic E-state index is 0.308. The molecule has 1 aliphatic heterocycles. The van der Waals surface area contributed by atoms with Crippen LogP contribution in [0.25, 0.3) is 0 Å². The lowest BCUT2D eigenvalue weighted by Gasteiger charge is -2.46. The summed E-state index contributed by atoms with van der Waals surface area (Å²) in [7, 11) is 0. The molecule has 0 aliphatic carbocycles. The van der Waals surface area contributed by atoms with Gasteiger partial charge in [0.15, 0.2) is 0 Å². The summed E-state index contributed by atoms with van der Waals surface area (Å²) in [6, 6.07) is 0. The normalized spacial score (nSPS) is 20.5. The molecule has 1 saturated heterocycles. The average Bonchev–Trinajstić information content (AvgIpc) is 1.99. The number of hydrogen-bond acceptors (Lipinski definition) is 1.